The maximum Gasteiger partial charge on any atom is 0.293 e. The molecule has 0 aliphatic carbocycles. The van der Waals surface area contributed by atoms with Crippen LogP contribution in [0.2, 0.25) is 0 Å². The molecule has 0 bridgehead atoms. The third kappa shape index (κ3) is 4.71. The molecule has 1 amide bonds. The Labute approximate surface area is 157 Å². The minimum atomic E-state index is -0.456. The summed E-state index contributed by atoms with van der Waals surface area (Å²) >= 11 is 0. The first-order chi connectivity index (χ1) is 12.1. The first kappa shape index (κ1) is 19.7. The van der Waals surface area contributed by atoms with Crippen molar-refractivity contribution in [2.24, 2.45) is 0 Å². The highest BCUT2D eigenvalue weighted by molar-refractivity contribution is 5.95. The van der Waals surface area contributed by atoms with Gasteiger partial charge in [-0.05, 0) is 17.7 Å². The maximum atomic E-state index is 12.5. The van der Waals surface area contributed by atoms with Crippen molar-refractivity contribution in [1.82, 2.24) is 10.2 Å². The zero-order valence-electron chi connectivity index (χ0n) is 14.2. The van der Waals surface area contributed by atoms with Crippen molar-refractivity contribution in [2.75, 3.05) is 31.5 Å². The lowest BCUT2D eigenvalue weighted by atomic mass is 10.1. The Balaban J connectivity index is 0.00000243. The van der Waals surface area contributed by atoms with Gasteiger partial charge in [0.2, 0.25) is 0 Å². The molecule has 7 nitrogen and oxygen atoms in total. The van der Waals surface area contributed by atoms with E-state index in [0.717, 1.165) is 18.7 Å². The van der Waals surface area contributed by atoms with E-state index in [1.165, 1.54) is 6.07 Å². The minimum Gasteiger partial charge on any atom is -0.375 e. The van der Waals surface area contributed by atoms with E-state index >= 15 is 0 Å². The minimum absolute atomic E-state index is 0. The van der Waals surface area contributed by atoms with E-state index < -0.39 is 4.92 Å². The molecule has 26 heavy (non-hydrogen) atoms. The second kappa shape index (κ2) is 9.17. The van der Waals surface area contributed by atoms with Gasteiger partial charge in [-0.3, -0.25) is 14.9 Å². The number of piperazine rings is 1. The highest BCUT2D eigenvalue weighted by atomic mass is 35.5. The fourth-order valence-corrected chi connectivity index (χ4v) is 2.81. The predicted molar refractivity (Wildman–Crippen MR) is 103 cm³/mol. The first-order valence-corrected chi connectivity index (χ1v) is 8.21. The Morgan fingerprint density at radius 1 is 1.15 bits per heavy atom. The molecule has 0 spiro atoms. The summed E-state index contributed by atoms with van der Waals surface area (Å²) < 4.78 is 0. The zero-order chi connectivity index (χ0) is 17.6. The topological polar surface area (TPSA) is 87.5 Å². The van der Waals surface area contributed by atoms with Crippen molar-refractivity contribution in [3.05, 3.63) is 69.8 Å². The summed E-state index contributed by atoms with van der Waals surface area (Å²) in [6, 6.07) is 14.3. The average Bonchev–Trinajstić information content (AvgIpc) is 2.67. The summed E-state index contributed by atoms with van der Waals surface area (Å²) in [5.41, 5.74) is 1.69. The molecule has 1 fully saturated rings. The molecular weight excluding hydrogens is 356 g/mol. The van der Waals surface area contributed by atoms with Gasteiger partial charge in [-0.2, -0.15) is 0 Å². The molecule has 1 saturated heterocycles. The van der Waals surface area contributed by atoms with Crippen molar-refractivity contribution < 1.29 is 9.72 Å². The highest BCUT2D eigenvalue weighted by Gasteiger charge is 2.22. The highest BCUT2D eigenvalue weighted by Crippen LogP contribution is 2.27. The number of hydrogen-bond donors (Lipinski definition) is 2. The van der Waals surface area contributed by atoms with Crippen LogP contribution in [-0.4, -0.2) is 41.9 Å². The molecule has 1 aliphatic heterocycles. The van der Waals surface area contributed by atoms with Gasteiger partial charge < -0.3 is 15.5 Å². The molecule has 0 unspecified atom stereocenters. The molecule has 2 aromatic rings. The van der Waals surface area contributed by atoms with Gasteiger partial charge in [-0.15, -0.1) is 12.4 Å². The molecule has 1 aliphatic rings. The number of benzene rings is 2. The Morgan fingerprint density at radius 3 is 2.50 bits per heavy atom. The fourth-order valence-electron chi connectivity index (χ4n) is 2.81. The third-order valence-electron chi connectivity index (χ3n) is 4.17. The molecule has 2 N–H and O–H groups in total. The van der Waals surface area contributed by atoms with Gasteiger partial charge in [0, 0.05) is 44.4 Å². The van der Waals surface area contributed by atoms with Crippen LogP contribution in [0.1, 0.15) is 15.9 Å². The van der Waals surface area contributed by atoms with E-state index in [9.17, 15) is 14.9 Å². The number of anilines is 1. The monoisotopic (exact) mass is 376 g/mol. The number of nitrogens with one attached hydrogen (secondary N) is 2. The van der Waals surface area contributed by atoms with E-state index in [-0.39, 0.29) is 24.0 Å². The van der Waals surface area contributed by atoms with Crippen molar-refractivity contribution >= 4 is 29.7 Å². The van der Waals surface area contributed by atoms with Crippen LogP contribution in [-0.2, 0) is 6.54 Å². The normalized spacial score (nSPS) is 13.6. The Hall–Kier alpha value is -2.64. The zero-order valence-corrected chi connectivity index (χ0v) is 15.0. The second-order valence-electron chi connectivity index (χ2n) is 5.87. The molecule has 3 rings (SSSR count). The van der Waals surface area contributed by atoms with E-state index in [1.807, 2.05) is 30.3 Å². The van der Waals surface area contributed by atoms with Crippen LogP contribution >= 0.6 is 12.4 Å². The van der Waals surface area contributed by atoms with Crippen LogP contribution < -0.4 is 10.6 Å². The largest absolute Gasteiger partial charge is 0.375 e. The number of hydrogen-bond acceptors (Lipinski definition) is 5. The van der Waals surface area contributed by atoms with E-state index in [0.29, 0.717) is 30.9 Å². The summed E-state index contributed by atoms with van der Waals surface area (Å²) in [6.45, 7) is 3.18. The Kier molecular flexibility index (Phi) is 6.94. The van der Waals surface area contributed by atoms with Crippen molar-refractivity contribution in [3.8, 4) is 0 Å². The van der Waals surface area contributed by atoms with Gasteiger partial charge in [0.1, 0.15) is 5.69 Å². The molecule has 8 heteroatoms. The fraction of sp³-hybridized carbons (Fsp3) is 0.278. The molecule has 138 valence electrons. The van der Waals surface area contributed by atoms with Gasteiger partial charge in [-0.1, -0.05) is 30.3 Å². The average molecular weight is 377 g/mol. The van der Waals surface area contributed by atoms with Crippen LogP contribution in [0, 0.1) is 10.1 Å². The van der Waals surface area contributed by atoms with Crippen LogP contribution in [0.4, 0.5) is 11.4 Å². The lowest BCUT2D eigenvalue weighted by molar-refractivity contribution is -0.384. The quantitative estimate of drug-likeness (QED) is 0.618. The van der Waals surface area contributed by atoms with Gasteiger partial charge in [0.25, 0.3) is 11.6 Å². The predicted octanol–water partition coefficient (Wildman–Crippen LogP) is 2.67. The molecule has 1 heterocycles. The third-order valence-corrected chi connectivity index (χ3v) is 4.17. The molecule has 2 aromatic carbocycles. The lowest BCUT2D eigenvalue weighted by Gasteiger charge is -2.27. The van der Waals surface area contributed by atoms with Crippen LogP contribution in [0.25, 0.3) is 0 Å². The Morgan fingerprint density at radius 2 is 1.85 bits per heavy atom. The number of carbonyl (C=O) groups excluding carboxylic acids is 1. The smallest absolute Gasteiger partial charge is 0.293 e. The molecular formula is C18H21ClN4O3. The first-order valence-electron chi connectivity index (χ1n) is 8.21. The van der Waals surface area contributed by atoms with Gasteiger partial charge in [-0.25, -0.2) is 0 Å². The summed E-state index contributed by atoms with van der Waals surface area (Å²) in [4.78, 5) is 25.2. The van der Waals surface area contributed by atoms with Gasteiger partial charge >= 0.3 is 0 Å². The summed E-state index contributed by atoms with van der Waals surface area (Å²) in [6.07, 6.45) is 0. The molecule has 0 saturated carbocycles. The number of carbonyl (C=O) groups is 1. The SMILES string of the molecule is Cl.O=C(c1ccc(NCc2ccccc2)c([N+](=O)[O-])c1)N1CCNCC1. The van der Waals surface area contributed by atoms with Crippen molar-refractivity contribution in [2.45, 2.75) is 6.54 Å². The van der Waals surface area contributed by atoms with Crippen molar-refractivity contribution in [3.63, 3.8) is 0 Å². The number of amides is 1. The standard InChI is InChI=1S/C18H20N4O3.ClH/c23-18(21-10-8-19-9-11-21)15-6-7-16(17(12-15)22(24)25)20-13-14-4-2-1-3-5-14;/h1-7,12,19-20H,8-11,13H2;1H. The molecule has 0 aromatic heterocycles. The number of halogens is 1. The van der Waals surface area contributed by atoms with Crippen LogP contribution in [0.15, 0.2) is 48.5 Å². The van der Waals surface area contributed by atoms with E-state index in [4.69, 9.17) is 0 Å². The summed E-state index contributed by atoms with van der Waals surface area (Å²) in [5, 5.41) is 17.7. The summed E-state index contributed by atoms with van der Waals surface area (Å²) in [7, 11) is 0. The molecule has 0 radical (unpaired) electrons. The van der Waals surface area contributed by atoms with E-state index in [2.05, 4.69) is 10.6 Å². The number of nitrogens with zero attached hydrogens (tertiary/aromatic N) is 2. The van der Waals surface area contributed by atoms with Crippen LogP contribution in [0.3, 0.4) is 0 Å². The van der Waals surface area contributed by atoms with Gasteiger partial charge in [0.15, 0.2) is 0 Å². The summed E-state index contributed by atoms with van der Waals surface area (Å²) in [5.74, 6) is -0.167. The number of nitro benzene ring substituents is 1. The molecule has 0 atom stereocenters. The maximum absolute atomic E-state index is 12.5. The number of nitro groups is 1. The number of rotatable bonds is 5. The Bertz CT molecular complexity index is 764. The second-order valence-corrected chi connectivity index (χ2v) is 5.87. The van der Waals surface area contributed by atoms with Crippen LogP contribution in [0.5, 0.6) is 0 Å². The van der Waals surface area contributed by atoms with Gasteiger partial charge in [0.05, 0.1) is 4.92 Å². The van der Waals surface area contributed by atoms with Crippen molar-refractivity contribution in [1.29, 1.82) is 0 Å². The lowest BCUT2D eigenvalue weighted by Crippen LogP contribution is -2.46. The van der Waals surface area contributed by atoms with E-state index in [1.54, 1.807) is 17.0 Å².